The summed E-state index contributed by atoms with van der Waals surface area (Å²) in [6.07, 6.45) is 10.4. The number of hydrogen-bond acceptors (Lipinski definition) is 1. The maximum absolute atomic E-state index is 2.54. The average Bonchev–Trinajstić information content (AvgIpc) is 3.54. The van der Waals surface area contributed by atoms with Gasteiger partial charge in [-0.25, -0.2) is 0 Å². The summed E-state index contributed by atoms with van der Waals surface area (Å²) in [6, 6.07) is 37.4. The minimum Gasteiger partial charge on any atom is -0.135 e. The molecule has 0 amide bonds. The monoisotopic (exact) mass is 584 g/mol. The molecule has 0 spiro atoms. The lowest BCUT2D eigenvalue weighted by Crippen LogP contribution is -2.19. The van der Waals surface area contributed by atoms with E-state index >= 15 is 0 Å². The van der Waals surface area contributed by atoms with Crippen LogP contribution in [0.25, 0.3) is 48.0 Å². The highest BCUT2D eigenvalue weighted by Crippen LogP contribution is 2.58. The minimum absolute atomic E-state index is 0.0635. The van der Waals surface area contributed by atoms with Gasteiger partial charge in [-0.05, 0) is 117 Å². The van der Waals surface area contributed by atoms with E-state index in [1.807, 2.05) is 11.3 Å². The van der Waals surface area contributed by atoms with Gasteiger partial charge in [-0.1, -0.05) is 112 Å². The van der Waals surface area contributed by atoms with Crippen LogP contribution in [0.1, 0.15) is 78.8 Å². The van der Waals surface area contributed by atoms with E-state index < -0.39 is 0 Å². The third kappa shape index (κ3) is 3.75. The van der Waals surface area contributed by atoms with Crippen LogP contribution >= 0.6 is 11.3 Å². The largest absolute Gasteiger partial charge is 0.135 e. The molecule has 0 nitrogen and oxygen atoms in total. The highest BCUT2D eigenvalue weighted by atomic mass is 32.1. The Morgan fingerprint density at radius 3 is 2.41 bits per heavy atom. The molecule has 44 heavy (non-hydrogen) atoms. The number of hydrogen-bond donors (Lipinski definition) is 0. The first-order chi connectivity index (χ1) is 21.5. The van der Waals surface area contributed by atoms with Gasteiger partial charge in [-0.3, -0.25) is 0 Å². The average molecular weight is 585 g/mol. The molecule has 0 saturated heterocycles. The van der Waals surface area contributed by atoms with Gasteiger partial charge in [0.05, 0.1) is 0 Å². The second kappa shape index (κ2) is 9.65. The Hall–Kier alpha value is -4.20. The third-order valence-corrected chi connectivity index (χ3v) is 12.0. The summed E-state index contributed by atoms with van der Waals surface area (Å²) >= 11 is 1.94. The van der Waals surface area contributed by atoms with E-state index in [1.54, 1.807) is 0 Å². The fourth-order valence-corrected chi connectivity index (χ4v) is 9.60. The number of allylic oxidation sites excluding steroid dienone is 4. The van der Waals surface area contributed by atoms with Crippen molar-refractivity contribution in [3.63, 3.8) is 0 Å². The highest BCUT2D eigenvalue weighted by Gasteiger charge is 2.41. The summed E-state index contributed by atoms with van der Waals surface area (Å²) in [5, 5.41) is 2.77. The van der Waals surface area contributed by atoms with Gasteiger partial charge >= 0.3 is 0 Å². The van der Waals surface area contributed by atoms with Gasteiger partial charge in [-0.15, -0.1) is 11.3 Å². The zero-order valence-corrected chi connectivity index (χ0v) is 26.5. The standard InChI is InChI=1S/C43H36S/c1-26(27-12-6-4-7-13-27)34-22-30-24-40-36(31-16-10-11-17-39(31)44-40)25-35(30)41-32(34)20-21-37-42(41)33-19-18-29(23-38(33)43(37,2)3)28-14-8-5-9-15-28/h4,6-8,10-21,23-26,34H,5,9,22H2,1-3H3. The Morgan fingerprint density at radius 2 is 1.57 bits per heavy atom. The molecule has 0 saturated carbocycles. The van der Waals surface area contributed by atoms with Crippen molar-refractivity contribution in [2.75, 3.05) is 0 Å². The molecule has 2 unspecified atom stereocenters. The van der Waals surface area contributed by atoms with Gasteiger partial charge in [0, 0.05) is 25.6 Å². The first-order valence-electron chi connectivity index (χ1n) is 16.2. The van der Waals surface area contributed by atoms with E-state index in [-0.39, 0.29) is 5.41 Å². The van der Waals surface area contributed by atoms with Crippen molar-refractivity contribution in [3.8, 4) is 22.3 Å². The molecule has 0 fully saturated rings. The molecule has 1 aromatic heterocycles. The molecule has 0 aliphatic heterocycles. The molecule has 214 valence electrons. The van der Waals surface area contributed by atoms with Crippen LogP contribution in [-0.2, 0) is 11.8 Å². The van der Waals surface area contributed by atoms with Crippen LogP contribution in [0.5, 0.6) is 0 Å². The number of rotatable bonds is 3. The number of fused-ring (bicyclic) bond motifs is 10. The van der Waals surface area contributed by atoms with Crippen LogP contribution in [0.15, 0.2) is 115 Å². The zero-order chi connectivity index (χ0) is 29.6. The summed E-state index contributed by atoms with van der Waals surface area (Å²) in [7, 11) is 0. The van der Waals surface area contributed by atoms with Crippen molar-refractivity contribution < 1.29 is 0 Å². The second-order valence-electron chi connectivity index (χ2n) is 13.6. The fourth-order valence-electron chi connectivity index (χ4n) is 8.45. The van der Waals surface area contributed by atoms with Gasteiger partial charge in [0.2, 0.25) is 0 Å². The van der Waals surface area contributed by atoms with Crippen LogP contribution in [-0.4, -0.2) is 0 Å². The topological polar surface area (TPSA) is 0 Å². The molecule has 2 atom stereocenters. The Kier molecular flexibility index (Phi) is 5.75. The molecule has 0 radical (unpaired) electrons. The van der Waals surface area contributed by atoms with Gasteiger partial charge in [0.25, 0.3) is 0 Å². The highest BCUT2D eigenvalue weighted by molar-refractivity contribution is 7.25. The summed E-state index contributed by atoms with van der Waals surface area (Å²) in [5.41, 5.74) is 15.8. The molecule has 0 bridgehead atoms. The normalized spacial score (nSPS) is 18.4. The van der Waals surface area contributed by atoms with Crippen molar-refractivity contribution in [1.29, 1.82) is 0 Å². The van der Waals surface area contributed by atoms with Crippen LogP contribution in [0, 0.1) is 0 Å². The maximum atomic E-state index is 2.54. The van der Waals surface area contributed by atoms with Crippen molar-refractivity contribution in [3.05, 3.63) is 149 Å². The third-order valence-electron chi connectivity index (χ3n) is 10.8. The molecule has 6 aromatic rings. The van der Waals surface area contributed by atoms with Crippen molar-refractivity contribution in [2.45, 2.75) is 57.3 Å². The van der Waals surface area contributed by atoms with Crippen molar-refractivity contribution in [1.82, 2.24) is 0 Å². The second-order valence-corrected chi connectivity index (χ2v) is 14.7. The smallest absolute Gasteiger partial charge is 0.0358 e. The Morgan fingerprint density at radius 1 is 0.727 bits per heavy atom. The molecule has 5 aromatic carbocycles. The lowest BCUT2D eigenvalue weighted by atomic mass is 9.69. The first-order valence-corrected chi connectivity index (χ1v) is 17.0. The van der Waals surface area contributed by atoms with E-state index in [0.717, 1.165) is 19.3 Å². The predicted molar refractivity (Wildman–Crippen MR) is 190 cm³/mol. The number of thiophene rings is 1. The molecule has 1 heteroatoms. The molecule has 9 rings (SSSR count). The molecular formula is C43H36S. The lowest BCUT2D eigenvalue weighted by molar-refractivity contribution is 0.567. The molecular weight excluding hydrogens is 549 g/mol. The Bertz CT molecular complexity index is 2190. The van der Waals surface area contributed by atoms with Crippen LogP contribution < -0.4 is 0 Å². The SMILES string of the molecule is CC(c1ccccc1)C1Cc2cc3sc4ccccc4c3cc2-c2c1ccc1c2-c2ccc(C3=CCCC=C3)cc2C1(C)C. The van der Waals surface area contributed by atoms with Crippen molar-refractivity contribution >= 4 is 37.1 Å². The van der Waals surface area contributed by atoms with Crippen LogP contribution in [0.3, 0.4) is 0 Å². The van der Waals surface area contributed by atoms with Gasteiger partial charge in [-0.2, -0.15) is 0 Å². The van der Waals surface area contributed by atoms with Crippen molar-refractivity contribution in [2.24, 2.45) is 0 Å². The van der Waals surface area contributed by atoms with E-state index in [2.05, 4.69) is 136 Å². The summed E-state index contributed by atoms with van der Waals surface area (Å²) < 4.78 is 2.79. The first kappa shape index (κ1) is 26.2. The quantitative estimate of drug-likeness (QED) is 0.194. The maximum Gasteiger partial charge on any atom is 0.0358 e. The van der Waals surface area contributed by atoms with Gasteiger partial charge < -0.3 is 0 Å². The molecule has 3 aliphatic carbocycles. The number of benzene rings is 5. The van der Waals surface area contributed by atoms with Gasteiger partial charge in [0.15, 0.2) is 0 Å². The summed E-state index contributed by atoms with van der Waals surface area (Å²) in [5.74, 6) is 0.835. The lowest BCUT2D eigenvalue weighted by Gasteiger charge is -2.34. The van der Waals surface area contributed by atoms with E-state index in [9.17, 15) is 0 Å². The molecule has 3 aliphatic rings. The van der Waals surface area contributed by atoms with E-state index in [1.165, 1.54) is 81.4 Å². The fraction of sp³-hybridized carbons (Fsp3) is 0.209. The van der Waals surface area contributed by atoms with Gasteiger partial charge in [0.1, 0.15) is 0 Å². The van der Waals surface area contributed by atoms with Crippen LogP contribution in [0.4, 0.5) is 0 Å². The molecule has 1 heterocycles. The van der Waals surface area contributed by atoms with Crippen LogP contribution in [0.2, 0.25) is 0 Å². The Balaban J connectivity index is 1.32. The predicted octanol–water partition coefficient (Wildman–Crippen LogP) is 12.2. The summed E-state index contributed by atoms with van der Waals surface area (Å²) in [4.78, 5) is 0. The molecule has 0 N–H and O–H groups in total. The Labute approximate surface area is 264 Å². The van der Waals surface area contributed by atoms with E-state index in [0.29, 0.717) is 11.8 Å². The zero-order valence-electron chi connectivity index (χ0n) is 25.7. The minimum atomic E-state index is -0.0635. The summed E-state index contributed by atoms with van der Waals surface area (Å²) in [6.45, 7) is 7.31. The van der Waals surface area contributed by atoms with E-state index in [4.69, 9.17) is 0 Å².